The van der Waals surface area contributed by atoms with Gasteiger partial charge in [-0.3, -0.25) is 9.59 Å². The minimum absolute atomic E-state index is 0.0643. The molecule has 2 aromatic carbocycles. The number of carbonyl (C=O) groups excluding carboxylic acids is 2. The van der Waals surface area contributed by atoms with E-state index in [4.69, 9.17) is 9.47 Å². The molecule has 23 heavy (non-hydrogen) atoms. The van der Waals surface area contributed by atoms with Crippen LogP contribution in [0.2, 0.25) is 0 Å². The monoisotopic (exact) mass is 373 g/mol. The minimum Gasteiger partial charge on any atom is -0.454 e. The molecule has 4 rings (SSSR count). The molecule has 0 aliphatic carbocycles. The Labute approximate surface area is 140 Å². The van der Waals surface area contributed by atoms with Crippen LogP contribution in [0.3, 0.4) is 0 Å². The Morgan fingerprint density at radius 1 is 1.13 bits per heavy atom. The first kappa shape index (κ1) is 14.3. The third kappa shape index (κ3) is 2.30. The van der Waals surface area contributed by atoms with Crippen LogP contribution in [-0.4, -0.2) is 25.0 Å². The lowest BCUT2D eigenvalue weighted by Gasteiger charge is -2.29. The molecule has 0 bridgehead atoms. The van der Waals surface area contributed by atoms with Crippen molar-refractivity contribution in [3.63, 3.8) is 0 Å². The second-order valence-corrected chi connectivity index (χ2v) is 6.19. The topological polar surface area (TPSA) is 55.8 Å². The molecule has 6 heteroatoms. The molecule has 0 spiro atoms. The van der Waals surface area contributed by atoms with Gasteiger partial charge in [0.25, 0.3) is 5.91 Å². The number of nitrogens with zero attached hydrogens (tertiary/aromatic N) is 1. The fourth-order valence-electron chi connectivity index (χ4n) is 2.85. The zero-order valence-electron chi connectivity index (χ0n) is 12.0. The Morgan fingerprint density at radius 2 is 1.87 bits per heavy atom. The SMILES string of the molecule is O=C1CCN(C(=O)c2cc3c(cc2Br)OCO3)c2ccccc21. The third-order valence-electron chi connectivity index (χ3n) is 4.00. The Hall–Kier alpha value is -2.34. The van der Waals surface area contributed by atoms with Gasteiger partial charge in [-0.25, -0.2) is 0 Å². The van der Waals surface area contributed by atoms with E-state index in [1.54, 1.807) is 35.2 Å². The quantitative estimate of drug-likeness (QED) is 0.768. The molecule has 1 amide bonds. The van der Waals surface area contributed by atoms with Crippen molar-refractivity contribution in [3.05, 3.63) is 52.0 Å². The fourth-order valence-corrected chi connectivity index (χ4v) is 3.34. The largest absolute Gasteiger partial charge is 0.454 e. The van der Waals surface area contributed by atoms with Crippen LogP contribution < -0.4 is 14.4 Å². The maximum absolute atomic E-state index is 13.0. The molecule has 0 radical (unpaired) electrons. The summed E-state index contributed by atoms with van der Waals surface area (Å²) in [6, 6.07) is 10.6. The number of hydrogen-bond acceptors (Lipinski definition) is 4. The third-order valence-corrected chi connectivity index (χ3v) is 4.65. The van der Waals surface area contributed by atoms with Crippen LogP contribution in [0.15, 0.2) is 40.9 Å². The lowest BCUT2D eigenvalue weighted by Crippen LogP contribution is -2.37. The molecule has 0 fully saturated rings. The summed E-state index contributed by atoms with van der Waals surface area (Å²) >= 11 is 3.42. The van der Waals surface area contributed by atoms with Crippen molar-refractivity contribution in [2.24, 2.45) is 0 Å². The van der Waals surface area contributed by atoms with Crippen molar-refractivity contribution in [1.82, 2.24) is 0 Å². The molecule has 0 saturated heterocycles. The van der Waals surface area contributed by atoms with Gasteiger partial charge in [-0.1, -0.05) is 12.1 Å². The number of fused-ring (bicyclic) bond motifs is 2. The number of halogens is 1. The van der Waals surface area contributed by atoms with Crippen LogP contribution in [0, 0.1) is 0 Å². The number of hydrogen-bond donors (Lipinski definition) is 0. The molecule has 116 valence electrons. The average Bonchev–Trinajstić information content (AvgIpc) is 3.01. The van der Waals surface area contributed by atoms with E-state index in [0.29, 0.717) is 45.8 Å². The zero-order valence-corrected chi connectivity index (χ0v) is 13.6. The molecule has 2 heterocycles. The molecule has 0 aromatic heterocycles. The number of carbonyl (C=O) groups is 2. The van der Waals surface area contributed by atoms with Gasteiger partial charge in [0.05, 0.1) is 11.3 Å². The summed E-state index contributed by atoms with van der Waals surface area (Å²) in [5, 5.41) is 0. The van der Waals surface area contributed by atoms with Gasteiger partial charge in [-0.15, -0.1) is 0 Å². The predicted molar refractivity (Wildman–Crippen MR) is 87.3 cm³/mol. The van der Waals surface area contributed by atoms with Gasteiger partial charge >= 0.3 is 0 Å². The predicted octanol–water partition coefficient (Wildman–Crippen LogP) is 3.41. The van der Waals surface area contributed by atoms with E-state index < -0.39 is 0 Å². The number of ether oxygens (including phenoxy) is 2. The van der Waals surface area contributed by atoms with E-state index in [2.05, 4.69) is 15.9 Å². The lowest BCUT2D eigenvalue weighted by atomic mass is 9.99. The highest BCUT2D eigenvalue weighted by atomic mass is 79.9. The first-order chi connectivity index (χ1) is 11.1. The number of para-hydroxylation sites is 1. The van der Waals surface area contributed by atoms with Crippen molar-refractivity contribution >= 4 is 33.3 Å². The summed E-state index contributed by atoms with van der Waals surface area (Å²) in [7, 11) is 0. The summed E-state index contributed by atoms with van der Waals surface area (Å²) in [6.07, 6.45) is 0.324. The van der Waals surface area contributed by atoms with Crippen molar-refractivity contribution in [1.29, 1.82) is 0 Å². The molecule has 2 aliphatic rings. The number of benzene rings is 2. The fraction of sp³-hybridized carbons (Fsp3) is 0.176. The number of amides is 1. The molecule has 0 saturated carbocycles. The highest BCUT2D eigenvalue weighted by Crippen LogP contribution is 2.38. The first-order valence-electron chi connectivity index (χ1n) is 7.18. The molecular formula is C17H12BrNO4. The summed E-state index contributed by atoms with van der Waals surface area (Å²) in [4.78, 5) is 26.6. The molecule has 0 unspecified atom stereocenters. The van der Waals surface area contributed by atoms with Crippen LogP contribution in [0.1, 0.15) is 27.1 Å². The van der Waals surface area contributed by atoms with Gasteiger partial charge in [-0.05, 0) is 40.2 Å². The maximum atomic E-state index is 13.0. The lowest BCUT2D eigenvalue weighted by molar-refractivity contribution is 0.0954. The van der Waals surface area contributed by atoms with Crippen LogP contribution in [-0.2, 0) is 0 Å². The van der Waals surface area contributed by atoms with E-state index in [9.17, 15) is 9.59 Å². The Morgan fingerprint density at radius 3 is 2.70 bits per heavy atom. The summed E-state index contributed by atoms with van der Waals surface area (Å²) < 4.78 is 11.3. The normalized spacial score (nSPS) is 15.5. The molecule has 5 nitrogen and oxygen atoms in total. The van der Waals surface area contributed by atoms with Gasteiger partial charge in [0.2, 0.25) is 6.79 Å². The van der Waals surface area contributed by atoms with Crippen molar-refractivity contribution < 1.29 is 19.1 Å². The van der Waals surface area contributed by atoms with E-state index in [1.165, 1.54) is 0 Å². The van der Waals surface area contributed by atoms with E-state index in [1.807, 2.05) is 6.07 Å². The first-order valence-corrected chi connectivity index (χ1v) is 7.97. The smallest absolute Gasteiger partial charge is 0.259 e. The number of Topliss-reactive ketones (excluding diaryl/α,β-unsaturated/α-hetero) is 1. The van der Waals surface area contributed by atoms with Crippen LogP contribution in [0.25, 0.3) is 0 Å². The average molecular weight is 374 g/mol. The molecular weight excluding hydrogens is 362 g/mol. The Kier molecular flexibility index (Phi) is 3.34. The molecule has 0 N–H and O–H groups in total. The Bertz CT molecular complexity index is 833. The highest BCUT2D eigenvalue weighted by molar-refractivity contribution is 9.10. The van der Waals surface area contributed by atoms with E-state index >= 15 is 0 Å². The van der Waals surface area contributed by atoms with Gasteiger partial charge in [-0.2, -0.15) is 0 Å². The van der Waals surface area contributed by atoms with Gasteiger partial charge in [0, 0.05) is 23.0 Å². The van der Waals surface area contributed by atoms with E-state index in [0.717, 1.165) is 0 Å². The van der Waals surface area contributed by atoms with Gasteiger partial charge in [0.15, 0.2) is 17.3 Å². The van der Waals surface area contributed by atoms with Crippen LogP contribution >= 0.6 is 15.9 Å². The molecule has 2 aliphatic heterocycles. The minimum atomic E-state index is -0.171. The summed E-state index contributed by atoms with van der Waals surface area (Å²) in [5.41, 5.74) is 1.72. The van der Waals surface area contributed by atoms with E-state index in [-0.39, 0.29) is 18.5 Å². The number of ketones is 1. The van der Waals surface area contributed by atoms with Crippen molar-refractivity contribution in [2.75, 3.05) is 18.2 Å². The maximum Gasteiger partial charge on any atom is 0.259 e. The van der Waals surface area contributed by atoms with Crippen LogP contribution in [0.5, 0.6) is 11.5 Å². The molecule has 2 aromatic rings. The molecule has 0 atom stereocenters. The van der Waals surface area contributed by atoms with Crippen molar-refractivity contribution in [3.8, 4) is 11.5 Å². The van der Waals surface area contributed by atoms with Gasteiger partial charge in [0.1, 0.15) is 0 Å². The summed E-state index contributed by atoms with van der Waals surface area (Å²) in [5.74, 6) is 1.06. The number of rotatable bonds is 1. The Balaban J connectivity index is 1.76. The van der Waals surface area contributed by atoms with Crippen LogP contribution in [0.4, 0.5) is 5.69 Å². The van der Waals surface area contributed by atoms with Gasteiger partial charge < -0.3 is 14.4 Å². The second-order valence-electron chi connectivity index (χ2n) is 5.33. The van der Waals surface area contributed by atoms with Crippen molar-refractivity contribution in [2.45, 2.75) is 6.42 Å². The zero-order chi connectivity index (χ0) is 16.0. The summed E-state index contributed by atoms with van der Waals surface area (Å²) in [6.45, 7) is 0.524. The highest BCUT2D eigenvalue weighted by Gasteiger charge is 2.30. The second kappa shape index (κ2) is 5.38. The standard InChI is InChI=1S/C17H12BrNO4/c18-12-8-16-15(22-9-23-16)7-11(12)17(21)19-6-5-14(20)10-3-1-2-4-13(10)19/h1-4,7-8H,5-6,9H2. The number of anilines is 1.